The number of aromatic nitrogens is 2. The van der Waals surface area contributed by atoms with E-state index in [0.29, 0.717) is 18.6 Å². The summed E-state index contributed by atoms with van der Waals surface area (Å²) in [5, 5.41) is 3.80. The van der Waals surface area contributed by atoms with Gasteiger partial charge in [-0.25, -0.2) is 24.0 Å². The van der Waals surface area contributed by atoms with Gasteiger partial charge in [0.05, 0.1) is 29.3 Å². The van der Waals surface area contributed by atoms with Gasteiger partial charge in [-0.3, -0.25) is 9.80 Å². The quantitative estimate of drug-likeness (QED) is 0.193. The topological polar surface area (TPSA) is 116 Å². The van der Waals surface area contributed by atoms with Crippen molar-refractivity contribution in [1.29, 1.82) is 0 Å². The van der Waals surface area contributed by atoms with Gasteiger partial charge in [-0.1, -0.05) is 0 Å². The van der Waals surface area contributed by atoms with Crippen LogP contribution in [0.5, 0.6) is 0 Å². The van der Waals surface area contributed by atoms with E-state index in [9.17, 15) is 18.0 Å². The number of piperidine rings is 1. The lowest BCUT2D eigenvalue weighted by Crippen LogP contribution is -2.35. The number of nitrogens with one attached hydrogen (secondary N) is 2. The number of nitrogens with two attached hydrogens (primary N) is 2. The molecule has 33 heavy (non-hydrogen) atoms. The van der Waals surface area contributed by atoms with Gasteiger partial charge in [-0.2, -0.15) is 0 Å². The Morgan fingerprint density at radius 3 is 2.61 bits per heavy atom. The maximum atomic E-state index is 14.6. The monoisotopic (exact) mass is 479 g/mol. The fourth-order valence-corrected chi connectivity index (χ4v) is 3.75. The Bertz CT molecular complexity index is 1220. The SMILES string of the molecule is N/C(=C\N(N)c1cnc(N2CCC(Cl)CC2)c(F)c1)C(=O)Nc1c[nH]c2cc(F)c(F)cc12. The molecule has 1 aliphatic rings. The molecule has 12 heteroatoms. The van der Waals surface area contributed by atoms with Crippen LogP contribution in [-0.2, 0) is 4.79 Å². The Hall–Kier alpha value is -3.44. The van der Waals surface area contributed by atoms with Crippen molar-refractivity contribution in [3.8, 4) is 0 Å². The number of H-pyrrole nitrogens is 1. The number of anilines is 3. The van der Waals surface area contributed by atoms with Crippen LogP contribution < -0.4 is 26.8 Å². The standard InChI is InChI=1S/C21H21ClF3N7O/c22-11-1-3-31(4-2-11)20-16(25)5-12(8-29-20)32(27)10-17(26)21(33)30-19-9-28-18-7-15(24)14(23)6-13(18)19/h5-11,28H,1-4,26-27H2,(H,30,33)/b17-10-. The second kappa shape index (κ2) is 9.20. The van der Waals surface area contributed by atoms with E-state index in [2.05, 4.69) is 15.3 Å². The fraction of sp³-hybridized carbons (Fsp3) is 0.238. The largest absolute Gasteiger partial charge is 0.393 e. The molecule has 0 aliphatic carbocycles. The highest BCUT2D eigenvalue weighted by molar-refractivity contribution is 6.20. The normalized spacial score (nSPS) is 15.2. The molecule has 6 N–H and O–H groups in total. The first-order valence-corrected chi connectivity index (χ1v) is 10.5. The molecule has 174 valence electrons. The molecule has 0 atom stereocenters. The van der Waals surface area contributed by atoms with Crippen molar-refractivity contribution in [3.63, 3.8) is 0 Å². The van der Waals surface area contributed by atoms with Crippen LogP contribution in [0.1, 0.15) is 12.8 Å². The number of rotatable bonds is 5. The van der Waals surface area contributed by atoms with Crippen molar-refractivity contribution < 1.29 is 18.0 Å². The van der Waals surface area contributed by atoms with E-state index in [1.54, 1.807) is 0 Å². The van der Waals surface area contributed by atoms with Gasteiger partial charge < -0.3 is 20.9 Å². The zero-order chi connectivity index (χ0) is 23.7. The van der Waals surface area contributed by atoms with Crippen LogP contribution in [-0.4, -0.2) is 34.3 Å². The molecule has 1 amide bonds. The minimum absolute atomic E-state index is 0.0758. The number of alkyl halides is 1. The van der Waals surface area contributed by atoms with Crippen molar-refractivity contribution in [2.24, 2.45) is 11.6 Å². The number of amides is 1. The number of carbonyl (C=O) groups is 1. The van der Waals surface area contributed by atoms with Crippen LogP contribution in [0.3, 0.4) is 0 Å². The maximum absolute atomic E-state index is 14.6. The summed E-state index contributed by atoms with van der Waals surface area (Å²) in [7, 11) is 0. The molecular weight excluding hydrogens is 459 g/mol. The van der Waals surface area contributed by atoms with E-state index in [1.807, 2.05) is 4.90 Å². The number of benzene rings is 1. The Morgan fingerprint density at radius 1 is 1.21 bits per heavy atom. The van der Waals surface area contributed by atoms with Crippen LogP contribution in [0.15, 0.2) is 42.5 Å². The average molecular weight is 480 g/mol. The first-order valence-electron chi connectivity index (χ1n) is 10.1. The third kappa shape index (κ3) is 4.83. The molecule has 0 saturated carbocycles. The van der Waals surface area contributed by atoms with E-state index >= 15 is 0 Å². The molecule has 3 aromatic rings. The lowest BCUT2D eigenvalue weighted by Gasteiger charge is -2.30. The molecule has 4 rings (SSSR count). The Kier molecular flexibility index (Phi) is 6.34. The van der Waals surface area contributed by atoms with Crippen LogP contribution in [0.4, 0.5) is 30.4 Å². The fourth-order valence-electron chi connectivity index (χ4n) is 3.55. The number of halogens is 4. The Morgan fingerprint density at radius 2 is 1.91 bits per heavy atom. The molecular formula is C21H21ClF3N7O. The van der Waals surface area contributed by atoms with Crippen LogP contribution in [0, 0.1) is 17.5 Å². The number of hydrogen-bond donors (Lipinski definition) is 4. The first kappa shape index (κ1) is 22.7. The second-order valence-corrected chi connectivity index (χ2v) is 8.24. The number of nitrogens with zero attached hydrogens (tertiary/aromatic N) is 3. The highest BCUT2D eigenvalue weighted by Crippen LogP contribution is 2.27. The van der Waals surface area contributed by atoms with Gasteiger partial charge in [-0.15, -0.1) is 11.6 Å². The summed E-state index contributed by atoms with van der Waals surface area (Å²) in [6, 6.07) is 3.12. The molecule has 2 aromatic heterocycles. The van der Waals surface area contributed by atoms with Gasteiger partial charge >= 0.3 is 0 Å². The summed E-state index contributed by atoms with van der Waals surface area (Å²) in [5.74, 6) is 2.73. The number of carbonyl (C=O) groups excluding carboxylic acids is 1. The summed E-state index contributed by atoms with van der Waals surface area (Å²) in [5.41, 5.74) is 6.18. The lowest BCUT2D eigenvalue weighted by atomic mass is 10.1. The Labute approximate surface area is 192 Å². The van der Waals surface area contributed by atoms with Gasteiger partial charge in [0.1, 0.15) is 5.70 Å². The highest BCUT2D eigenvalue weighted by atomic mass is 35.5. The summed E-state index contributed by atoms with van der Waals surface area (Å²) >= 11 is 6.09. The zero-order valence-electron chi connectivity index (χ0n) is 17.3. The van der Waals surface area contributed by atoms with Gasteiger partial charge in [0.2, 0.25) is 0 Å². The van der Waals surface area contributed by atoms with Crippen LogP contribution in [0.25, 0.3) is 10.9 Å². The van der Waals surface area contributed by atoms with E-state index in [0.717, 1.165) is 36.2 Å². The molecule has 8 nitrogen and oxygen atoms in total. The van der Waals surface area contributed by atoms with Gasteiger partial charge in [0, 0.05) is 42.2 Å². The molecule has 1 saturated heterocycles. The number of fused-ring (bicyclic) bond motifs is 1. The molecule has 0 radical (unpaired) electrons. The van der Waals surface area contributed by atoms with E-state index in [1.165, 1.54) is 18.5 Å². The molecule has 0 bridgehead atoms. The highest BCUT2D eigenvalue weighted by Gasteiger charge is 2.21. The number of aromatic amines is 1. The number of hydrazine groups is 1. The van der Waals surface area contributed by atoms with E-state index in [-0.39, 0.29) is 33.7 Å². The van der Waals surface area contributed by atoms with Gasteiger partial charge in [0.25, 0.3) is 5.91 Å². The lowest BCUT2D eigenvalue weighted by molar-refractivity contribution is -0.112. The summed E-state index contributed by atoms with van der Waals surface area (Å²) in [6.45, 7) is 1.20. The summed E-state index contributed by atoms with van der Waals surface area (Å²) in [6.07, 6.45) is 5.31. The number of pyridine rings is 1. The van der Waals surface area contributed by atoms with Crippen molar-refractivity contribution in [2.45, 2.75) is 18.2 Å². The Balaban J connectivity index is 1.46. The molecule has 3 heterocycles. The third-order valence-corrected chi connectivity index (χ3v) is 5.78. The molecule has 1 aliphatic heterocycles. The van der Waals surface area contributed by atoms with Crippen molar-refractivity contribution in [1.82, 2.24) is 9.97 Å². The minimum atomic E-state index is -1.06. The predicted octanol–water partition coefficient (Wildman–Crippen LogP) is 3.31. The van der Waals surface area contributed by atoms with Gasteiger partial charge in [-0.05, 0) is 18.9 Å². The van der Waals surface area contributed by atoms with E-state index in [4.69, 9.17) is 23.2 Å². The predicted molar refractivity (Wildman–Crippen MR) is 121 cm³/mol. The molecule has 1 fully saturated rings. The summed E-state index contributed by atoms with van der Waals surface area (Å²) in [4.78, 5) is 21.1. The molecule has 1 aromatic carbocycles. The van der Waals surface area contributed by atoms with Crippen molar-refractivity contribution >= 4 is 45.6 Å². The maximum Gasteiger partial charge on any atom is 0.273 e. The smallest absolute Gasteiger partial charge is 0.273 e. The number of hydrogen-bond acceptors (Lipinski definition) is 6. The van der Waals surface area contributed by atoms with Gasteiger partial charge in [0.15, 0.2) is 23.3 Å². The van der Waals surface area contributed by atoms with Crippen molar-refractivity contribution in [3.05, 3.63) is 59.9 Å². The molecule has 0 spiro atoms. The van der Waals surface area contributed by atoms with E-state index < -0.39 is 23.4 Å². The average Bonchev–Trinajstić information content (AvgIpc) is 3.15. The minimum Gasteiger partial charge on any atom is -0.393 e. The van der Waals surface area contributed by atoms with Crippen molar-refractivity contribution in [2.75, 3.05) is 28.3 Å². The van der Waals surface area contributed by atoms with Crippen LogP contribution in [0.2, 0.25) is 0 Å². The first-order chi connectivity index (χ1) is 15.7. The summed E-state index contributed by atoms with van der Waals surface area (Å²) < 4.78 is 41.5. The van der Waals surface area contributed by atoms with Crippen LogP contribution >= 0.6 is 11.6 Å². The zero-order valence-corrected chi connectivity index (χ0v) is 18.0. The molecule has 0 unspecified atom stereocenters. The third-order valence-electron chi connectivity index (χ3n) is 5.34. The second-order valence-electron chi connectivity index (χ2n) is 7.62.